The van der Waals surface area contributed by atoms with Crippen molar-refractivity contribution in [2.45, 2.75) is 19.8 Å². The number of amides is 2. The number of benzene rings is 1. The van der Waals surface area contributed by atoms with E-state index >= 15 is 0 Å². The first-order chi connectivity index (χ1) is 9.02. The molecule has 6 heteroatoms. The van der Waals surface area contributed by atoms with Crippen LogP contribution in [-0.2, 0) is 14.3 Å². The van der Waals surface area contributed by atoms with Crippen LogP contribution >= 0.6 is 0 Å². The van der Waals surface area contributed by atoms with Gasteiger partial charge in [0.1, 0.15) is 0 Å². The van der Waals surface area contributed by atoms with E-state index in [0.29, 0.717) is 5.56 Å². The second-order valence-electron chi connectivity index (χ2n) is 3.94. The van der Waals surface area contributed by atoms with Crippen LogP contribution in [0.2, 0.25) is 0 Å². The maximum Gasteiger partial charge on any atom is 0.306 e. The Labute approximate surface area is 111 Å². The Morgan fingerprint density at radius 1 is 1.05 bits per heavy atom. The molecular formula is C13H16N2O4. The van der Waals surface area contributed by atoms with Crippen LogP contribution in [0.25, 0.3) is 0 Å². The molecule has 2 N–H and O–H groups in total. The van der Waals surface area contributed by atoms with Gasteiger partial charge in [-0.25, -0.2) is 0 Å². The van der Waals surface area contributed by atoms with Crippen LogP contribution in [-0.4, -0.2) is 24.9 Å². The molecule has 0 aliphatic rings. The minimum absolute atomic E-state index is 0.0251. The van der Waals surface area contributed by atoms with E-state index in [0.717, 1.165) is 5.56 Å². The lowest BCUT2D eigenvalue weighted by Crippen LogP contribution is -2.41. The third-order valence-corrected chi connectivity index (χ3v) is 2.41. The fraction of sp³-hybridized carbons (Fsp3) is 0.308. The van der Waals surface area contributed by atoms with E-state index in [1.165, 1.54) is 7.11 Å². The number of nitrogens with one attached hydrogen (secondary N) is 2. The molecular weight excluding hydrogens is 248 g/mol. The predicted octanol–water partition coefficient (Wildman–Crippen LogP) is 0.709. The van der Waals surface area contributed by atoms with Crippen LogP contribution in [0.4, 0.5) is 0 Å². The van der Waals surface area contributed by atoms with Crippen molar-refractivity contribution in [2.75, 3.05) is 7.11 Å². The average Bonchev–Trinajstić information content (AvgIpc) is 2.42. The summed E-state index contributed by atoms with van der Waals surface area (Å²) in [5.41, 5.74) is 5.98. The van der Waals surface area contributed by atoms with Gasteiger partial charge in [-0.2, -0.15) is 0 Å². The van der Waals surface area contributed by atoms with Gasteiger partial charge in [-0.05, 0) is 19.1 Å². The number of rotatable bonds is 4. The summed E-state index contributed by atoms with van der Waals surface area (Å²) in [6, 6.07) is 6.92. The molecule has 19 heavy (non-hydrogen) atoms. The molecule has 102 valence electrons. The lowest BCUT2D eigenvalue weighted by Gasteiger charge is -2.07. The Morgan fingerprint density at radius 2 is 1.68 bits per heavy atom. The number of carbonyl (C=O) groups is 3. The fourth-order valence-corrected chi connectivity index (χ4v) is 1.28. The molecule has 0 aliphatic carbocycles. The molecule has 2 amide bonds. The van der Waals surface area contributed by atoms with E-state index < -0.39 is 17.8 Å². The fourth-order valence-electron chi connectivity index (χ4n) is 1.28. The Balaban J connectivity index is 2.36. The SMILES string of the molecule is COC(=O)CCC(=O)NNC(=O)c1ccc(C)cc1. The second kappa shape index (κ2) is 7.15. The number of carbonyl (C=O) groups excluding carboxylic acids is 3. The van der Waals surface area contributed by atoms with Crippen molar-refractivity contribution in [1.82, 2.24) is 10.9 Å². The third kappa shape index (κ3) is 5.20. The van der Waals surface area contributed by atoms with Crippen LogP contribution in [0.1, 0.15) is 28.8 Å². The highest BCUT2D eigenvalue weighted by molar-refractivity contribution is 5.95. The third-order valence-electron chi connectivity index (χ3n) is 2.41. The summed E-state index contributed by atoms with van der Waals surface area (Å²) in [6.45, 7) is 1.91. The Kier molecular flexibility index (Phi) is 5.53. The molecule has 1 rings (SSSR count). The van der Waals surface area contributed by atoms with Gasteiger partial charge in [0.2, 0.25) is 5.91 Å². The summed E-state index contributed by atoms with van der Waals surface area (Å²) >= 11 is 0. The molecule has 6 nitrogen and oxygen atoms in total. The molecule has 1 aromatic carbocycles. The molecule has 0 saturated carbocycles. The molecule has 0 bridgehead atoms. The van der Waals surface area contributed by atoms with E-state index in [-0.39, 0.29) is 12.8 Å². The number of methoxy groups -OCH3 is 1. The van der Waals surface area contributed by atoms with Gasteiger partial charge in [0.05, 0.1) is 13.5 Å². The van der Waals surface area contributed by atoms with E-state index in [1.54, 1.807) is 24.3 Å². The van der Waals surface area contributed by atoms with Crippen molar-refractivity contribution in [3.05, 3.63) is 35.4 Å². The van der Waals surface area contributed by atoms with Gasteiger partial charge >= 0.3 is 5.97 Å². The molecule has 0 saturated heterocycles. The summed E-state index contributed by atoms with van der Waals surface area (Å²) in [7, 11) is 1.25. The molecule has 0 aromatic heterocycles. The lowest BCUT2D eigenvalue weighted by molar-refractivity contribution is -0.142. The first-order valence-corrected chi connectivity index (χ1v) is 5.75. The van der Waals surface area contributed by atoms with Crippen LogP contribution < -0.4 is 10.9 Å². The minimum Gasteiger partial charge on any atom is -0.469 e. The topological polar surface area (TPSA) is 84.5 Å². The van der Waals surface area contributed by atoms with Crippen LogP contribution in [0, 0.1) is 6.92 Å². The zero-order valence-electron chi connectivity index (χ0n) is 10.9. The van der Waals surface area contributed by atoms with E-state index in [1.807, 2.05) is 6.92 Å². The number of hydrogen-bond acceptors (Lipinski definition) is 4. The molecule has 1 aromatic rings. The van der Waals surface area contributed by atoms with Gasteiger partial charge in [0, 0.05) is 12.0 Å². The smallest absolute Gasteiger partial charge is 0.306 e. The maximum absolute atomic E-state index is 11.6. The van der Waals surface area contributed by atoms with E-state index in [2.05, 4.69) is 15.6 Å². The second-order valence-corrected chi connectivity index (χ2v) is 3.94. The van der Waals surface area contributed by atoms with E-state index in [4.69, 9.17) is 0 Å². The number of aryl methyl sites for hydroxylation is 1. The van der Waals surface area contributed by atoms with Gasteiger partial charge in [-0.1, -0.05) is 17.7 Å². The van der Waals surface area contributed by atoms with Crippen molar-refractivity contribution < 1.29 is 19.1 Å². The predicted molar refractivity (Wildman–Crippen MR) is 68.0 cm³/mol. The summed E-state index contributed by atoms with van der Waals surface area (Å²) < 4.78 is 4.40. The van der Waals surface area contributed by atoms with Crippen LogP contribution in [0.15, 0.2) is 24.3 Å². The van der Waals surface area contributed by atoms with Crippen molar-refractivity contribution in [2.24, 2.45) is 0 Å². The molecule has 0 radical (unpaired) electrons. The standard InChI is InChI=1S/C13H16N2O4/c1-9-3-5-10(6-4-9)13(18)15-14-11(16)7-8-12(17)19-2/h3-6H,7-8H2,1-2H3,(H,14,16)(H,15,18). The van der Waals surface area contributed by atoms with Gasteiger partial charge in [-0.15, -0.1) is 0 Å². The zero-order chi connectivity index (χ0) is 14.3. The summed E-state index contributed by atoms with van der Waals surface area (Å²) in [6.07, 6.45) is -0.0659. The Morgan fingerprint density at radius 3 is 2.26 bits per heavy atom. The summed E-state index contributed by atoms with van der Waals surface area (Å²) in [5.74, 6) is -1.34. The first kappa shape index (κ1) is 14.7. The number of hydrazine groups is 1. The van der Waals surface area contributed by atoms with Crippen LogP contribution in [0.3, 0.4) is 0 Å². The number of hydrogen-bond donors (Lipinski definition) is 2. The van der Waals surface area contributed by atoms with Gasteiger partial charge < -0.3 is 4.74 Å². The van der Waals surface area contributed by atoms with Gasteiger partial charge in [0.15, 0.2) is 0 Å². The Bertz CT molecular complexity index is 468. The van der Waals surface area contributed by atoms with E-state index in [9.17, 15) is 14.4 Å². The lowest BCUT2D eigenvalue weighted by atomic mass is 10.1. The largest absolute Gasteiger partial charge is 0.469 e. The summed E-state index contributed by atoms with van der Waals surface area (Å²) in [4.78, 5) is 33.8. The first-order valence-electron chi connectivity index (χ1n) is 5.75. The highest BCUT2D eigenvalue weighted by Gasteiger charge is 2.09. The summed E-state index contributed by atoms with van der Waals surface area (Å²) in [5, 5.41) is 0. The molecule has 0 heterocycles. The van der Waals surface area contributed by atoms with Crippen molar-refractivity contribution in [1.29, 1.82) is 0 Å². The zero-order valence-corrected chi connectivity index (χ0v) is 10.9. The monoisotopic (exact) mass is 264 g/mol. The highest BCUT2D eigenvalue weighted by atomic mass is 16.5. The Hall–Kier alpha value is -2.37. The normalized spacial score (nSPS) is 9.58. The minimum atomic E-state index is -0.472. The molecule has 0 atom stereocenters. The van der Waals surface area contributed by atoms with Gasteiger partial charge in [-0.3, -0.25) is 25.2 Å². The van der Waals surface area contributed by atoms with Crippen molar-refractivity contribution >= 4 is 17.8 Å². The average molecular weight is 264 g/mol. The van der Waals surface area contributed by atoms with Crippen molar-refractivity contribution in [3.63, 3.8) is 0 Å². The maximum atomic E-state index is 11.6. The number of ether oxygens (including phenoxy) is 1. The number of esters is 1. The van der Waals surface area contributed by atoms with Crippen molar-refractivity contribution in [3.8, 4) is 0 Å². The molecule has 0 spiro atoms. The molecule has 0 unspecified atom stereocenters. The molecule has 0 aliphatic heterocycles. The quantitative estimate of drug-likeness (QED) is 0.619. The van der Waals surface area contributed by atoms with Crippen LogP contribution in [0.5, 0.6) is 0 Å². The highest BCUT2D eigenvalue weighted by Crippen LogP contribution is 2.02. The van der Waals surface area contributed by atoms with Gasteiger partial charge in [0.25, 0.3) is 5.91 Å². The molecule has 0 fully saturated rings.